The van der Waals surface area contributed by atoms with Gasteiger partial charge in [0, 0.05) is 12.1 Å². The van der Waals surface area contributed by atoms with E-state index in [4.69, 9.17) is 11.6 Å². The number of halogens is 2. The molecule has 2 aromatic rings. The van der Waals surface area contributed by atoms with Crippen molar-refractivity contribution in [2.45, 2.75) is 19.6 Å². The summed E-state index contributed by atoms with van der Waals surface area (Å²) in [5, 5.41) is 14.5. The van der Waals surface area contributed by atoms with Crippen LogP contribution in [0.2, 0.25) is 5.02 Å². The maximum atomic E-state index is 13.6. The van der Waals surface area contributed by atoms with Crippen molar-refractivity contribution in [3.05, 3.63) is 52.6 Å². The Hall–Kier alpha value is -1.39. The molecule has 17 heavy (non-hydrogen) atoms. The lowest BCUT2D eigenvalue weighted by atomic mass is 10.1. The van der Waals surface area contributed by atoms with Crippen molar-refractivity contribution in [2.24, 2.45) is 0 Å². The lowest BCUT2D eigenvalue weighted by Crippen LogP contribution is -2.10. The normalized spacial score (nSPS) is 12.7. The van der Waals surface area contributed by atoms with Gasteiger partial charge in [0.05, 0.1) is 16.9 Å². The third-order valence-electron chi connectivity index (χ3n) is 2.59. The Bertz CT molecular complexity index is 527. The predicted octanol–water partition coefficient (Wildman–Crippen LogP) is 2.78. The van der Waals surface area contributed by atoms with Gasteiger partial charge >= 0.3 is 0 Å². The van der Waals surface area contributed by atoms with Crippen LogP contribution >= 0.6 is 11.6 Å². The summed E-state index contributed by atoms with van der Waals surface area (Å²) in [6.07, 6.45) is 0.343. The summed E-state index contributed by atoms with van der Waals surface area (Å²) >= 11 is 5.96. The Morgan fingerprint density at radius 2 is 2.18 bits per heavy atom. The molecule has 0 aliphatic heterocycles. The molecule has 0 amide bonds. The monoisotopic (exact) mass is 254 g/mol. The smallest absolute Gasteiger partial charge is 0.129 e. The zero-order valence-corrected chi connectivity index (χ0v) is 10.0. The Balaban J connectivity index is 2.47. The molecule has 1 atom stereocenters. The minimum absolute atomic E-state index is 0.199. The zero-order valence-electron chi connectivity index (χ0n) is 9.27. The number of aromatic nitrogens is 2. The minimum Gasteiger partial charge on any atom is -0.382 e. The fourth-order valence-corrected chi connectivity index (χ4v) is 1.98. The second-order valence-corrected chi connectivity index (χ2v) is 4.02. The van der Waals surface area contributed by atoms with Crippen molar-refractivity contribution in [3.63, 3.8) is 0 Å². The number of hydrogen-bond acceptors (Lipinski definition) is 2. The fourth-order valence-electron chi connectivity index (χ4n) is 1.74. The highest BCUT2D eigenvalue weighted by molar-refractivity contribution is 6.31. The first-order valence-corrected chi connectivity index (χ1v) is 5.66. The standard InChI is InChI=1S/C12H12ClFN2O/c1-2-16-11(9(13)7-15-16)12(17)8-5-3-4-6-10(8)14/h3-7,12,17H,2H2,1H3. The highest BCUT2D eigenvalue weighted by Gasteiger charge is 2.21. The van der Waals surface area contributed by atoms with Crippen LogP contribution in [0.15, 0.2) is 30.5 Å². The lowest BCUT2D eigenvalue weighted by molar-refractivity contribution is 0.203. The van der Waals surface area contributed by atoms with E-state index < -0.39 is 11.9 Å². The van der Waals surface area contributed by atoms with Gasteiger partial charge in [-0.3, -0.25) is 4.68 Å². The van der Waals surface area contributed by atoms with Crippen LogP contribution in [0.5, 0.6) is 0 Å². The maximum Gasteiger partial charge on any atom is 0.129 e. The molecule has 1 unspecified atom stereocenters. The largest absolute Gasteiger partial charge is 0.382 e. The molecule has 0 saturated heterocycles. The molecule has 1 aromatic heterocycles. The van der Waals surface area contributed by atoms with Gasteiger partial charge in [0.1, 0.15) is 11.9 Å². The number of rotatable bonds is 3. The Morgan fingerprint density at radius 1 is 1.47 bits per heavy atom. The zero-order chi connectivity index (χ0) is 12.4. The molecule has 0 saturated carbocycles. The SMILES string of the molecule is CCn1ncc(Cl)c1C(O)c1ccccc1F. The van der Waals surface area contributed by atoms with Gasteiger partial charge in [0.2, 0.25) is 0 Å². The molecule has 0 radical (unpaired) electrons. The Labute approximate surface area is 103 Å². The van der Waals surface area contributed by atoms with Crippen molar-refractivity contribution in [3.8, 4) is 0 Å². The van der Waals surface area contributed by atoms with Crippen molar-refractivity contribution < 1.29 is 9.50 Å². The van der Waals surface area contributed by atoms with Gasteiger partial charge in [-0.25, -0.2) is 4.39 Å². The summed E-state index contributed by atoms with van der Waals surface area (Å²) in [5.74, 6) is -0.458. The number of nitrogens with zero attached hydrogens (tertiary/aromatic N) is 2. The quantitative estimate of drug-likeness (QED) is 0.915. The average molecular weight is 255 g/mol. The van der Waals surface area contributed by atoms with E-state index in [0.29, 0.717) is 17.3 Å². The molecule has 1 N–H and O–H groups in total. The molecule has 3 nitrogen and oxygen atoms in total. The number of aryl methyl sites for hydroxylation is 1. The van der Waals surface area contributed by atoms with Gasteiger partial charge in [0.25, 0.3) is 0 Å². The van der Waals surface area contributed by atoms with Crippen molar-refractivity contribution in [1.82, 2.24) is 9.78 Å². The molecular formula is C12H12ClFN2O. The van der Waals surface area contributed by atoms with Crippen LogP contribution in [-0.4, -0.2) is 14.9 Å². The molecule has 90 valence electrons. The van der Waals surface area contributed by atoms with Crippen molar-refractivity contribution in [1.29, 1.82) is 0 Å². The molecule has 2 rings (SSSR count). The Morgan fingerprint density at radius 3 is 2.82 bits per heavy atom. The molecule has 0 spiro atoms. The van der Waals surface area contributed by atoms with E-state index in [2.05, 4.69) is 5.10 Å². The molecule has 0 fully saturated rings. The van der Waals surface area contributed by atoms with Crippen LogP contribution in [0, 0.1) is 5.82 Å². The van der Waals surface area contributed by atoms with Crippen LogP contribution < -0.4 is 0 Å². The van der Waals surface area contributed by atoms with Crippen LogP contribution in [0.25, 0.3) is 0 Å². The van der Waals surface area contributed by atoms with Gasteiger partial charge in [-0.1, -0.05) is 29.8 Å². The highest BCUT2D eigenvalue weighted by Crippen LogP contribution is 2.29. The van der Waals surface area contributed by atoms with Crippen LogP contribution in [-0.2, 0) is 6.54 Å². The van der Waals surface area contributed by atoms with E-state index in [-0.39, 0.29) is 5.56 Å². The minimum atomic E-state index is -1.11. The van der Waals surface area contributed by atoms with E-state index in [9.17, 15) is 9.50 Å². The molecule has 0 aliphatic carbocycles. The number of hydrogen-bond donors (Lipinski definition) is 1. The van der Waals surface area contributed by atoms with Gasteiger partial charge in [-0.15, -0.1) is 0 Å². The number of aliphatic hydroxyl groups excluding tert-OH is 1. The average Bonchev–Trinajstić information content (AvgIpc) is 2.70. The highest BCUT2D eigenvalue weighted by atomic mass is 35.5. The summed E-state index contributed by atoms with van der Waals surface area (Å²) in [6.45, 7) is 2.44. The first kappa shape index (κ1) is 12.1. The fraction of sp³-hybridized carbons (Fsp3) is 0.250. The molecule has 5 heteroatoms. The van der Waals surface area contributed by atoms with E-state index in [1.54, 1.807) is 16.8 Å². The van der Waals surface area contributed by atoms with Gasteiger partial charge < -0.3 is 5.11 Å². The third kappa shape index (κ3) is 2.18. The second kappa shape index (κ2) is 4.85. The van der Waals surface area contributed by atoms with Crippen molar-refractivity contribution >= 4 is 11.6 Å². The summed E-state index contributed by atoms with van der Waals surface area (Å²) < 4.78 is 15.1. The second-order valence-electron chi connectivity index (χ2n) is 3.62. The third-order valence-corrected chi connectivity index (χ3v) is 2.88. The molecule has 0 aliphatic rings. The van der Waals surface area contributed by atoms with E-state index in [0.717, 1.165) is 0 Å². The summed E-state index contributed by atoms with van der Waals surface area (Å²) in [6, 6.07) is 6.08. The van der Waals surface area contributed by atoms with Crippen LogP contribution in [0.3, 0.4) is 0 Å². The first-order chi connectivity index (χ1) is 8.15. The van der Waals surface area contributed by atoms with Gasteiger partial charge in [0.15, 0.2) is 0 Å². The Kier molecular flexibility index (Phi) is 3.45. The summed E-state index contributed by atoms with van der Waals surface area (Å²) in [4.78, 5) is 0. The molecule has 1 aromatic carbocycles. The molecular weight excluding hydrogens is 243 g/mol. The van der Waals surface area contributed by atoms with E-state index >= 15 is 0 Å². The van der Waals surface area contributed by atoms with Gasteiger partial charge in [-0.05, 0) is 13.0 Å². The lowest BCUT2D eigenvalue weighted by Gasteiger charge is -2.14. The molecule has 1 heterocycles. The predicted molar refractivity (Wildman–Crippen MR) is 63.4 cm³/mol. The van der Waals surface area contributed by atoms with Crippen LogP contribution in [0.1, 0.15) is 24.3 Å². The van der Waals surface area contributed by atoms with Crippen LogP contribution in [0.4, 0.5) is 4.39 Å². The maximum absolute atomic E-state index is 13.6. The summed E-state index contributed by atoms with van der Waals surface area (Å²) in [5.41, 5.74) is 0.615. The molecule has 0 bridgehead atoms. The topological polar surface area (TPSA) is 38.0 Å². The van der Waals surface area contributed by atoms with E-state index in [1.165, 1.54) is 18.3 Å². The number of benzene rings is 1. The number of aliphatic hydroxyl groups is 1. The summed E-state index contributed by atoms with van der Waals surface area (Å²) in [7, 11) is 0. The van der Waals surface area contributed by atoms with Crippen molar-refractivity contribution in [2.75, 3.05) is 0 Å². The van der Waals surface area contributed by atoms with Gasteiger partial charge in [-0.2, -0.15) is 5.10 Å². The van der Waals surface area contributed by atoms with E-state index in [1.807, 2.05) is 6.92 Å². The first-order valence-electron chi connectivity index (χ1n) is 5.28.